The lowest BCUT2D eigenvalue weighted by atomic mass is 9.57. The second kappa shape index (κ2) is 9.77. The lowest BCUT2D eigenvalue weighted by Gasteiger charge is -2.50. The van der Waals surface area contributed by atoms with Crippen LogP contribution in [0.2, 0.25) is 0 Å². The minimum atomic E-state index is -2.68. The zero-order valence-electron chi connectivity index (χ0n) is 23.5. The molecule has 2 fully saturated rings. The van der Waals surface area contributed by atoms with E-state index in [2.05, 4.69) is 4.99 Å². The number of hydrogen-bond donors (Lipinski definition) is 6. The van der Waals surface area contributed by atoms with E-state index < -0.39 is 58.0 Å². The molecule has 1 amide bonds. The minimum Gasteiger partial charge on any atom is -0.508 e. The first-order chi connectivity index (χ1) is 19.2. The summed E-state index contributed by atoms with van der Waals surface area (Å²) in [5, 5.41) is 45.7. The van der Waals surface area contributed by atoms with E-state index in [1.807, 2.05) is 23.9 Å². The number of amides is 1. The summed E-state index contributed by atoms with van der Waals surface area (Å²) in [4.78, 5) is 49.0. The average Bonchev–Trinajstić information content (AvgIpc) is 2.84. The van der Waals surface area contributed by atoms with E-state index in [1.165, 1.54) is 4.90 Å². The molecule has 13 heteroatoms. The number of fused-ring (bicyclic) bond motifs is 3. The first-order valence-corrected chi connectivity index (χ1v) is 13.5. The molecule has 1 aromatic rings. The number of aliphatic imine (C=N–C) groups is 1. The number of nitrogens with zero attached hydrogens (tertiary/aromatic N) is 4. The molecular formula is C28H36N6O7. The quantitative estimate of drug-likeness (QED) is 0.152. The van der Waals surface area contributed by atoms with Gasteiger partial charge in [-0.3, -0.25) is 19.3 Å². The summed E-state index contributed by atoms with van der Waals surface area (Å²) in [6.07, 6.45) is 1.25. The van der Waals surface area contributed by atoms with Crippen molar-refractivity contribution in [2.24, 2.45) is 28.3 Å². The lowest BCUT2D eigenvalue weighted by molar-refractivity contribution is -0.153. The van der Waals surface area contributed by atoms with Crippen LogP contribution in [0.25, 0.3) is 5.76 Å². The summed E-state index contributed by atoms with van der Waals surface area (Å²) in [5.74, 6) is -6.48. The lowest BCUT2D eigenvalue weighted by Crippen LogP contribution is -2.65. The SMILES string of the molecule is CN(C)c1cc(CN=C(N)N2CCC2)c(O)c2c1CC1CC3[C@H](N(C)C)C(=O)C(C(N)=O)=C(O)[C@@]3(O)C(=O)C1=C2O. The number of hydrogen-bond acceptors (Lipinski definition) is 10. The molecular weight excluding hydrogens is 532 g/mol. The molecule has 0 spiro atoms. The van der Waals surface area contributed by atoms with Crippen molar-refractivity contribution in [3.8, 4) is 5.75 Å². The summed E-state index contributed by atoms with van der Waals surface area (Å²) in [6, 6.07) is 0.632. The third kappa shape index (κ3) is 4.05. The number of likely N-dealkylation sites (N-methyl/N-ethyl adjacent to an activating group) is 1. The van der Waals surface area contributed by atoms with Crippen molar-refractivity contribution in [2.75, 3.05) is 46.2 Å². The van der Waals surface area contributed by atoms with Crippen LogP contribution in [0, 0.1) is 11.8 Å². The number of carbonyl (C=O) groups is 3. The van der Waals surface area contributed by atoms with Gasteiger partial charge in [-0.25, -0.2) is 4.99 Å². The van der Waals surface area contributed by atoms with E-state index in [1.54, 1.807) is 20.2 Å². The van der Waals surface area contributed by atoms with Gasteiger partial charge in [0.25, 0.3) is 5.91 Å². The van der Waals surface area contributed by atoms with Gasteiger partial charge in [0.2, 0.25) is 5.78 Å². The highest BCUT2D eigenvalue weighted by Gasteiger charge is 2.64. The summed E-state index contributed by atoms with van der Waals surface area (Å²) >= 11 is 0. The van der Waals surface area contributed by atoms with Crippen LogP contribution in [-0.4, -0.2) is 107 Å². The number of primary amides is 1. The second-order valence-electron chi connectivity index (χ2n) is 11.6. The molecule has 0 bridgehead atoms. The fourth-order valence-electron chi connectivity index (χ4n) is 6.68. The molecule has 1 saturated carbocycles. The summed E-state index contributed by atoms with van der Waals surface area (Å²) in [6.45, 7) is 1.62. The van der Waals surface area contributed by atoms with Crippen LogP contribution in [0.1, 0.15) is 29.5 Å². The van der Waals surface area contributed by atoms with E-state index >= 15 is 0 Å². The summed E-state index contributed by atoms with van der Waals surface area (Å²) in [5.41, 5.74) is 9.40. The van der Waals surface area contributed by atoms with Gasteiger partial charge in [0.05, 0.1) is 18.2 Å². The van der Waals surface area contributed by atoms with Crippen molar-refractivity contribution in [1.82, 2.24) is 9.80 Å². The number of aromatic hydroxyl groups is 1. The molecule has 13 nitrogen and oxygen atoms in total. The Morgan fingerprint density at radius 2 is 1.80 bits per heavy atom. The number of likely N-dealkylation sites (tertiary alicyclic amines) is 1. The number of ketones is 2. The maximum Gasteiger partial charge on any atom is 0.255 e. The molecule has 220 valence electrons. The molecule has 2 unspecified atom stereocenters. The number of aliphatic hydroxyl groups is 3. The predicted octanol–water partition coefficient (Wildman–Crippen LogP) is -0.450. The molecule has 8 N–H and O–H groups in total. The molecule has 1 aromatic carbocycles. The molecule has 4 atom stereocenters. The van der Waals surface area contributed by atoms with Crippen molar-refractivity contribution in [2.45, 2.75) is 37.5 Å². The van der Waals surface area contributed by atoms with Crippen molar-refractivity contribution in [3.63, 3.8) is 0 Å². The molecule has 3 aliphatic carbocycles. The smallest absolute Gasteiger partial charge is 0.255 e. The molecule has 0 radical (unpaired) electrons. The van der Waals surface area contributed by atoms with E-state index in [0.29, 0.717) is 22.8 Å². The zero-order valence-corrected chi connectivity index (χ0v) is 23.5. The monoisotopic (exact) mass is 568 g/mol. The Bertz CT molecular complexity index is 1460. The number of phenolic OH excluding ortho intramolecular Hbond substituents is 1. The number of carbonyl (C=O) groups excluding carboxylic acids is 3. The molecule has 0 aromatic heterocycles. The Balaban J connectivity index is 1.68. The van der Waals surface area contributed by atoms with Crippen molar-refractivity contribution < 1.29 is 34.8 Å². The summed E-state index contributed by atoms with van der Waals surface area (Å²) < 4.78 is 0. The van der Waals surface area contributed by atoms with Crippen LogP contribution in [0.15, 0.2) is 28.0 Å². The van der Waals surface area contributed by atoms with Gasteiger partial charge in [0, 0.05) is 49.9 Å². The predicted molar refractivity (Wildman–Crippen MR) is 150 cm³/mol. The Kier molecular flexibility index (Phi) is 6.77. The number of benzene rings is 1. The molecule has 1 saturated heterocycles. The van der Waals surface area contributed by atoms with Crippen molar-refractivity contribution >= 4 is 34.9 Å². The Morgan fingerprint density at radius 3 is 2.34 bits per heavy atom. The standard InChI is InChI=1S/C28H36N6O7/c1-32(2)16-10-13(11-31-27(30)34-6-5-7-34)21(35)18-14(16)8-12-9-15-20(33(3)4)23(37)19(26(29)40)25(39)28(15,41)24(38)17(12)22(18)36/h10,12,15,20,35-36,39,41H,5-9,11H2,1-4H3,(H2,29,40)(H2,30,31)/t12?,15?,20-,28-/m0/s1. The van der Waals surface area contributed by atoms with Crippen LogP contribution in [0.4, 0.5) is 5.69 Å². The maximum atomic E-state index is 14.1. The third-order valence-electron chi connectivity index (χ3n) is 8.85. The molecule has 4 aliphatic rings. The van der Waals surface area contributed by atoms with Crippen molar-refractivity contribution in [3.05, 3.63) is 39.7 Å². The topological polar surface area (TPSA) is 206 Å². The normalized spacial score (nSPS) is 27.9. The highest BCUT2D eigenvalue weighted by Crippen LogP contribution is 2.54. The average molecular weight is 569 g/mol. The molecule has 1 aliphatic heterocycles. The van der Waals surface area contributed by atoms with Crippen molar-refractivity contribution in [1.29, 1.82) is 0 Å². The highest BCUT2D eigenvalue weighted by molar-refractivity contribution is 6.24. The van der Waals surface area contributed by atoms with Gasteiger partial charge in [-0.15, -0.1) is 0 Å². The van der Waals surface area contributed by atoms with E-state index in [4.69, 9.17) is 11.5 Å². The minimum absolute atomic E-state index is 0.0202. The van der Waals surface area contributed by atoms with Gasteiger partial charge in [0.15, 0.2) is 17.3 Å². The fraction of sp³-hybridized carbons (Fsp3) is 0.500. The number of guanidine groups is 1. The third-order valence-corrected chi connectivity index (χ3v) is 8.85. The number of rotatable bonds is 5. The van der Waals surface area contributed by atoms with Gasteiger partial charge >= 0.3 is 0 Å². The zero-order chi connectivity index (χ0) is 30.1. The van der Waals surface area contributed by atoms with Gasteiger partial charge in [-0.2, -0.15) is 0 Å². The van der Waals surface area contributed by atoms with Crippen LogP contribution in [0.3, 0.4) is 0 Å². The molecule has 41 heavy (non-hydrogen) atoms. The van der Waals surface area contributed by atoms with Gasteiger partial charge < -0.3 is 41.7 Å². The maximum absolute atomic E-state index is 14.1. The van der Waals surface area contributed by atoms with Gasteiger partial charge in [-0.1, -0.05) is 0 Å². The van der Waals surface area contributed by atoms with Gasteiger partial charge in [-0.05, 0) is 50.9 Å². The Hall–Kier alpha value is -4.10. The highest BCUT2D eigenvalue weighted by atomic mass is 16.3. The number of nitrogens with two attached hydrogens (primary N) is 2. The van der Waals surface area contributed by atoms with Gasteiger partial charge in [0.1, 0.15) is 22.8 Å². The number of anilines is 1. The van der Waals surface area contributed by atoms with E-state index in [-0.39, 0.29) is 36.3 Å². The first kappa shape index (κ1) is 28.4. The number of Topliss-reactive ketones (excluding diaryl/α,β-unsaturated/α-hetero) is 2. The first-order valence-electron chi connectivity index (χ1n) is 13.5. The molecule has 1 heterocycles. The second-order valence-corrected chi connectivity index (χ2v) is 11.6. The van der Waals surface area contributed by atoms with Crippen LogP contribution < -0.4 is 16.4 Å². The van der Waals surface area contributed by atoms with Crippen LogP contribution >= 0.6 is 0 Å². The molecule has 5 rings (SSSR count). The Morgan fingerprint density at radius 1 is 1.15 bits per heavy atom. The fourth-order valence-corrected chi connectivity index (χ4v) is 6.68. The Labute approximate surface area is 237 Å². The largest absolute Gasteiger partial charge is 0.508 e. The number of phenols is 1. The van der Waals surface area contributed by atoms with Crippen LogP contribution in [-0.2, 0) is 27.3 Å². The van der Waals surface area contributed by atoms with Crippen LogP contribution in [0.5, 0.6) is 5.75 Å². The summed E-state index contributed by atoms with van der Waals surface area (Å²) in [7, 11) is 6.75. The van der Waals surface area contributed by atoms with E-state index in [0.717, 1.165) is 19.5 Å². The van der Waals surface area contributed by atoms with E-state index in [9.17, 15) is 34.8 Å². The number of aliphatic hydroxyl groups excluding tert-OH is 2.